The molecule has 0 atom stereocenters. The highest BCUT2D eigenvalue weighted by Gasteiger charge is 2.13. The van der Waals surface area contributed by atoms with Crippen LogP contribution in [0.2, 0.25) is 0 Å². The first-order valence-corrected chi connectivity index (χ1v) is 7.76. The largest absolute Gasteiger partial charge is 0.231 e. The highest BCUT2D eigenvalue weighted by atomic mass is 15.2. The Hall–Kier alpha value is -3.13. The van der Waals surface area contributed by atoms with Crippen LogP contribution < -0.4 is 0 Å². The topological polar surface area (TPSA) is 17.3 Å². The molecule has 0 saturated heterocycles. The summed E-state index contributed by atoms with van der Waals surface area (Å²) in [6.07, 6.45) is 0. The van der Waals surface area contributed by atoms with E-state index in [0.717, 1.165) is 11.2 Å². The monoisotopic (exact) mass is 294 g/mol. The van der Waals surface area contributed by atoms with Crippen LogP contribution in [-0.4, -0.2) is 9.61 Å². The molecule has 2 aromatic heterocycles. The fourth-order valence-corrected chi connectivity index (χ4v) is 3.33. The van der Waals surface area contributed by atoms with Gasteiger partial charge in [-0.15, -0.1) is 0 Å². The molecule has 0 radical (unpaired) electrons. The molecule has 3 aromatic carbocycles. The lowest BCUT2D eigenvalue weighted by molar-refractivity contribution is 0.996. The number of fused-ring (bicyclic) bond motifs is 5. The molecule has 0 aliphatic rings. The van der Waals surface area contributed by atoms with E-state index in [-0.39, 0.29) is 0 Å². The minimum Gasteiger partial charge on any atom is -0.231 e. The van der Waals surface area contributed by atoms with E-state index >= 15 is 0 Å². The van der Waals surface area contributed by atoms with Crippen molar-refractivity contribution in [3.05, 3.63) is 84.9 Å². The van der Waals surface area contributed by atoms with Crippen LogP contribution in [0.3, 0.4) is 0 Å². The third-order valence-electron chi connectivity index (χ3n) is 4.38. The lowest BCUT2D eigenvalue weighted by Gasteiger charge is -2.09. The molecule has 0 aliphatic carbocycles. The number of hydrogen-bond donors (Lipinski definition) is 0. The average molecular weight is 294 g/mol. The van der Waals surface area contributed by atoms with E-state index in [1.54, 1.807) is 0 Å². The predicted molar refractivity (Wildman–Crippen MR) is 95.6 cm³/mol. The van der Waals surface area contributed by atoms with Gasteiger partial charge in [-0.25, -0.2) is 4.52 Å². The van der Waals surface area contributed by atoms with Crippen LogP contribution >= 0.6 is 0 Å². The van der Waals surface area contributed by atoms with Crippen LogP contribution in [0.15, 0.2) is 84.9 Å². The molecule has 2 heterocycles. The van der Waals surface area contributed by atoms with Gasteiger partial charge in [0.1, 0.15) is 0 Å². The summed E-state index contributed by atoms with van der Waals surface area (Å²) in [5.74, 6) is 0. The SMILES string of the molecule is c1ccc(-c2cc3ccccc3c3c4ccccc4nn23)cc1. The molecule has 0 aliphatic heterocycles. The van der Waals surface area contributed by atoms with Crippen molar-refractivity contribution in [1.82, 2.24) is 9.61 Å². The summed E-state index contributed by atoms with van der Waals surface area (Å²) < 4.78 is 2.09. The van der Waals surface area contributed by atoms with Crippen LogP contribution in [-0.2, 0) is 0 Å². The van der Waals surface area contributed by atoms with Gasteiger partial charge in [-0.2, -0.15) is 5.10 Å². The van der Waals surface area contributed by atoms with Gasteiger partial charge in [-0.3, -0.25) is 0 Å². The Morgan fingerprint density at radius 1 is 0.652 bits per heavy atom. The van der Waals surface area contributed by atoms with E-state index in [9.17, 15) is 0 Å². The summed E-state index contributed by atoms with van der Waals surface area (Å²) in [5, 5.41) is 8.53. The maximum atomic E-state index is 4.86. The van der Waals surface area contributed by atoms with E-state index < -0.39 is 0 Å². The van der Waals surface area contributed by atoms with E-state index in [2.05, 4.69) is 77.3 Å². The highest BCUT2D eigenvalue weighted by molar-refractivity contribution is 6.10. The van der Waals surface area contributed by atoms with Crippen molar-refractivity contribution in [2.75, 3.05) is 0 Å². The maximum absolute atomic E-state index is 4.86. The first-order valence-electron chi connectivity index (χ1n) is 7.76. The van der Waals surface area contributed by atoms with Crippen molar-refractivity contribution in [3.8, 4) is 11.3 Å². The van der Waals surface area contributed by atoms with Gasteiger partial charge in [0.05, 0.1) is 16.7 Å². The number of hydrogen-bond acceptors (Lipinski definition) is 1. The third kappa shape index (κ3) is 1.78. The Balaban J connectivity index is 2.05. The van der Waals surface area contributed by atoms with Gasteiger partial charge >= 0.3 is 0 Å². The number of pyridine rings is 1. The van der Waals surface area contributed by atoms with Gasteiger partial charge in [0, 0.05) is 16.3 Å². The van der Waals surface area contributed by atoms with Crippen LogP contribution in [0.4, 0.5) is 0 Å². The van der Waals surface area contributed by atoms with E-state index in [4.69, 9.17) is 5.10 Å². The molecule has 0 bridgehead atoms. The normalized spacial score (nSPS) is 11.5. The maximum Gasteiger partial charge on any atom is 0.0934 e. The molecule has 0 saturated carbocycles. The van der Waals surface area contributed by atoms with Crippen molar-refractivity contribution < 1.29 is 0 Å². The van der Waals surface area contributed by atoms with E-state index in [1.807, 2.05) is 12.1 Å². The molecule has 0 N–H and O–H groups in total. The first kappa shape index (κ1) is 12.4. The van der Waals surface area contributed by atoms with Gasteiger partial charge in [0.2, 0.25) is 0 Å². The van der Waals surface area contributed by atoms with E-state index in [0.29, 0.717) is 0 Å². The van der Waals surface area contributed by atoms with Crippen molar-refractivity contribution in [2.24, 2.45) is 0 Å². The Labute approximate surface area is 133 Å². The number of aromatic nitrogens is 2. The lowest BCUT2D eigenvalue weighted by Crippen LogP contribution is -1.94. The zero-order valence-corrected chi connectivity index (χ0v) is 12.5. The molecule has 0 fully saturated rings. The van der Waals surface area contributed by atoms with Gasteiger partial charge in [-0.1, -0.05) is 72.8 Å². The zero-order chi connectivity index (χ0) is 15.2. The minimum atomic E-state index is 1.03. The molecule has 23 heavy (non-hydrogen) atoms. The Morgan fingerprint density at radius 2 is 1.35 bits per heavy atom. The molecule has 2 nitrogen and oxygen atoms in total. The summed E-state index contributed by atoms with van der Waals surface area (Å²) >= 11 is 0. The van der Waals surface area contributed by atoms with E-state index in [1.165, 1.54) is 27.2 Å². The minimum absolute atomic E-state index is 1.03. The van der Waals surface area contributed by atoms with Crippen LogP contribution in [0.25, 0.3) is 38.4 Å². The van der Waals surface area contributed by atoms with Crippen molar-refractivity contribution in [3.63, 3.8) is 0 Å². The molecular formula is C21H14N2. The smallest absolute Gasteiger partial charge is 0.0934 e. The molecule has 5 rings (SSSR count). The second-order valence-electron chi connectivity index (χ2n) is 5.76. The molecule has 5 aromatic rings. The number of rotatable bonds is 1. The molecule has 2 heteroatoms. The fourth-order valence-electron chi connectivity index (χ4n) is 3.33. The molecule has 0 spiro atoms. The van der Waals surface area contributed by atoms with Gasteiger partial charge < -0.3 is 0 Å². The van der Waals surface area contributed by atoms with Crippen LogP contribution in [0, 0.1) is 0 Å². The van der Waals surface area contributed by atoms with Crippen molar-refractivity contribution in [1.29, 1.82) is 0 Å². The Kier molecular flexibility index (Phi) is 2.53. The zero-order valence-electron chi connectivity index (χ0n) is 12.5. The van der Waals surface area contributed by atoms with Crippen molar-refractivity contribution in [2.45, 2.75) is 0 Å². The predicted octanol–water partition coefficient (Wildman–Crippen LogP) is 5.31. The average Bonchev–Trinajstić information content (AvgIpc) is 3.01. The Bertz CT molecular complexity index is 1150. The Morgan fingerprint density at radius 3 is 2.22 bits per heavy atom. The molecule has 108 valence electrons. The molecule has 0 amide bonds. The number of nitrogens with zero attached hydrogens (tertiary/aromatic N) is 2. The summed E-state index contributed by atoms with van der Waals surface area (Å²) in [7, 11) is 0. The number of benzene rings is 3. The fraction of sp³-hybridized carbons (Fsp3) is 0. The first-order chi connectivity index (χ1) is 11.4. The lowest BCUT2D eigenvalue weighted by atomic mass is 10.0. The van der Waals surface area contributed by atoms with Gasteiger partial charge in [0.25, 0.3) is 0 Å². The summed E-state index contributed by atoms with van der Waals surface area (Å²) in [6.45, 7) is 0. The summed E-state index contributed by atoms with van der Waals surface area (Å²) in [4.78, 5) is 0. The third-order valence-corrected chi connectivity index (χ3v) is 4.38. The second kappa shape index (κ2) is 4.68. The van der Waals surface area contributed by atoms with Crippen molar-refractivity contribution >= 4 is 27.2 Å². The standard InChI is InChI=1S/C21H14N2/c1-2-8-15(9-3-1)20-14-16-10-4-5-11-17(16)21-18-12-6-7-13-19(18)22-23(20)21/h1-14H. The van der Waals surface area contributed by atoms with Gasteiger partial charge in [-0.05, 0) is 17.5 Å². The molecule has 0 unspecified atom stereocenters. The molecular weight excluding hydrogens is 280 g/mol. The quantitative estimate of drug-likeness (QED) is 0.409. The van der Waals surface area contributed by atoms with Crippen LogP contribution in [0.5, 0.6) is 0 Å². The summed E-state index contributed by atoms with van der Waals surface area (Å²) in [6, 6.07) is 29.5. The summed E-state index contributed by atoms with van der Waals surface area (Å²) in [5.41, 5.74) is 4.50. The van der Waals surface area contributed by atoms with Gasteiger partial charge in [0.15, 0.2) is 0 Å². The highest BCUT2D eigenvalue weighted by Crippen LogP contribution is 2.32. The van der Waals surface area contributed by atoms with Crippen LogP contribution in [0.1, 0.15) is 0 Å². The second-order valence-corrected chi connectivity index (χ2v) is 5.76.